The van der Waals surface area contributed by atoms with Crippen molar-refractivity contribution in [2.75, 3.05) is 64.5 Å². The van der Waals surface area contributed by atoms with Crippen LogP contribution in [0.3, 0.4) is 0 Å². The number of nitrogens with one attached hydrogen (secondary N) is 2. The monoisotopic (exact) mass is 404 g/mol. The van der Waals surface area contributed by atoms with Gasteiger partial charge in [-0.3, -0.25) is 9.89 Å². The van der Waals surface area contributed by atoms with E-state index in [-0.39, 0.29) is 11.6 Å². The van der Waals surface area contributed by atoms with Crippen LogP contribution in [0.25, 0.3) is 0 Å². The smallest absolute Gasteiger partial charge is 0.191 e. The zero-order valence-corrected chi connectivity index (χ0v) is 18.3. The number of aromatic nitrogens is 1. The fourth-order valence-corrected chi connectivity index (χ4v) is 3.76. The number of aliphatic imine (C=N–C) groups is 1. The number of hydrogen-bond acceptors (Lipinski definition) is 6. The Morgan fingerprint density at radius 1 is 1.24 bits per heavy atom. The summed E-state index contributed by atoms with van der Waals surface area (Å²) in [5.41, 5.74) is 1.22. The Labute approximate surface area is 174 Å². The maximum Gasteiger partial charge on any atom is 0.191 e. The molecule has 1 unspecified atom stereocenters. The van der Waals surface area contributed by atoms with Crippen LogP contribution in [0.2, 0.25) is 0 Å². The van der Waals surface area contributed by atoms with E-state index in [4.69, 9.17) is 9.47 Å². The Bertz CT molecular complexity index is 675. The van der Waals surface area contributed by atoms with Gasteiger partial charge in [0, 0.05) is 58.1 Å². The summed E-state index contributed by atoms with van der Waals surface area (Å²) in [7, 11) is 1.81. The molecule has 0 amide bonds. The molecule has 2 aliphatic heterocycles. The number of nitrogens with zero attached hydrogens (tertiary/aromatic N) is 4. The van der Waals surface area contributed by atoms with Crippen molar-refractivity contribution in [3.63, 3.8) is 0 Å². The largest absolute Gasteiger partial charge is 0.379 e. The van der Waals surface area contributed by atoms with E-state index in [1.54, 1.807) is 0 Å². The number of ether oxygens (including phenoxy) is 2. The molecule has 0 saturated carbocycles. The van der Waals surface area contributed by atoms with Gasteiger partial charge in [-0.25, -0.2) is 4.98 Å². The molecule has 0 bridgehead atoms. The molecule has 3 heterocycles. The molecule has 0 radical (unpaired) electrons. The number of anilines is 1. The molecule has 29 heavy (non-hydrogen) atoms. The molecule has 0 aromatic carbocycles. The van der Waals surface area contributed by atoms with Crippen molar-refractivity contribution in [3.8, 4) is 0 Å². The molecule has 1 atom stereocenters. The van der Waals surface area contributed by atoms with E-state index >= 15 is 0 Å². The first-order valence-electron chi connectivity index (χ1n) is 10.6. The lowest BCUT2D eigenvalue weighted by Crippen LogP contribution is -2.56. The molecule has 8 heteroatoms. The Balaban J connectivity index is 1.51. The van der Waals surface area contributed by atoms with Gasteiger partial charge in [0.1, 0.15) is 5.82 Å². The fourth-order valence-electron chi connectivity index (χ4n) is 3.76. The predicted octanol–water partition coefficient (Wildman–Crippen LogP) is 1.08. The molecule has 2 N–H and O–H groups in total. The van der Waals surface area contributed by atoms with Gasteiger partial charge >= 0.3 is 0 Å². The van der Waals surface area contributed by atoms with E-state index in [1.807, 2.05) is 19.3 Å². The molecular formula is C21H36N6O2. The minimum atomic E-state index is 0.0399. The second kappa shape index (κ2) is 10.2. The molecule has 2 aliphatic rings. The molecule has 2 fully saturated rings. The van der Waals surface area contributed by atoms with E-state index < -0.39 is 0 Å². The van der Waals surface area contributed by atoms with Crippen molar-refractivity contribution < 1.29 is 9.47 Å². The van der Waals surface area contributed by atoms with Crippen LogP contribution in [-0.4, -0.2) is 87.1 Å². The Hall–Kier alpha value is -1.90. The van der Waals surface area contributed by atoms with Crippen molar-refractivity contribution in [2.24, 2.45) is 4.99 Å². The first-order chi connectivity index (χ1) is 14.0. The number of hydrogen-bond donors (Lipinski definition) is 2. The van der Waals surface area contributed by atoms with Gasteiger partial charge in [0.2, 0.25) is 0 Å². The van der Waals surface area contributed by atoms with E-state index in [0.717, 1.165) is 64.3 Å². The first kappa shape index (κ1) is 21.8. The van der Waals surface area contributed by atoms with Gasteiger partial charge in [0.25, 0.3) is 0 Å². The quantitative estimate of drug-likeness (QED) is 0.543. The molecule has 0 aliphatic carbocycles. The molecule has 1 aromatic heterocycles. The third kappa shape index (κ3) is 6.29. The molecule has 1 aromatic rings. The molecule has 0 spiro atoms. The average Bonchev–Trinajstić information content (AvgIpc) is 2.75. The number of guanidine groups is 1. The topological polar surface area (TPSA) is 74.2 Å². The summed E-state index contributed by atoms with van der Waals surface area (Å²) in [5.74, 6) is 1.82. The van der Waals surface area contributed by atoms with E-state index in [2.05, 4.69) is 57.2 Å². The summed E-state index contributed by atoms with van der Waals surface area (Å²) in [5, 5.41) is 6.90. The van der Waals surface area contributed by atoms with Crippen LogP contribution in [0.15, 0.2) is 23.3 Å². The summed E-state index contributed by atoms with van der Waals surface area (Å²) >= 11 is 0. The van der Waals surface area contributed by atoms with Crippen LogP contribution in [0.5, 0.6) is 0 Å². The van der Waals surface area contributed by atoms with Crippen LogP contribution in [-0.2, 0) is 16.0 Å². The van der Waals surface area contributed by atoms with Gasteiger partial charge in [0.15, 0.2) is 5.96 Å². The van der Waals surface area contributed by atoms with Crippen molar-refractivity contribution in [1.29, 1.82) is 0 Å². The van der Waals surface area contributed by atoms with Gasteiger partial charge in [-0.05, 0) is 38.5 Å². The minimum absolute atomic E-state index is 0.0399. The van der Waals surface area contributed by atoms with Crippen molar-refractivity contribution in [2.45, 2.75) is 39.0 Å². The van der Waals surface area contributed by atoms with Gasteiger partial charge in [0.05, 0.1) is 25.9 Å². The zero-order valence-electron chi connectivity index (χ0n) is 18.3. The third-order valence-corrected chi connectivity index (χ3v) is 5.61. The lowest BCUT2D eigenvalue weighted by atomic mass is 10.0. The van der Waals surface area contributed by atoms with Crippen LogP contribution in [0.4, 0.5) is 5.82 Å². The molecule has 162 valence electrons. The Kier molecular flexibility index (Phi) is 7.69. The van der Waals surface area contributed by atoms with Crippen molar-refractivity contribution in [3.05, 3.63) is 23.9 Å². The van der Waals surface area contributed by atoms with E-state index in [0.29, 0.717) is 6.54 Å². The van der Waals surface area contributed by atoms with Gasteiger partial charge in [-0.2, -0.15) is 0 Å². The maximum absolute atomic E-state index is 5.64. The number of pyridine rings is 1. The molecule has 2 saturated heterocycles. The highest BCUT2D eigenvalue weighted by Crippen LogP contribution is 2.17. The summed E-state index contributed by atoms with van der Waals surface area (Å²) in [6, 6.07) is 4.20. The predicted molar refractivity (Wildman–Crippen MR) is 117 cm³/mol. The highest BCUT2D eigenvalue weighted by atomic mass is 16.5. The van der Waals surface area contributed by atoms with Gasteiger partial charge in [-0.1, -0.05) is 0 Å². The fraction of sp³-hybridized carbons (Fsp3) is 0.714. The van der Waals surface area contributed by atoms with Crippen LogP contribution in [0.1, 0.15) is 26.3 Å². The van der Waals surface area contributed by atoms with E-state index in [1.165, 1.54) is 5.56 Å². The van der Waals surface area contributed by atoms with Crippen LogP contribution >= 0.6 is 0 Å². The average molecular weight is 405 g/mol. The second-order valence-corrected chi connectivity index (χ2v) is 8.34. The van der Waals surface area contributed by atoms with Gasteiger partial charge in [-0.15, -0.1) is 0 Å². The highest BCUT2D eigenvalue weighted by Gasteiger charge is 2.28. The van der Waals surface area contributed by atoms with Crippen LogP contribution in [0, 0.1) is 0 Å². The molecule has 8 nitrogen and oxygen atoms in total. The summed E-state index contributed by atoms with van der Waals surface area (Å²) in [6.45, 7) is 14.2. The Morgan fingerprint density at radius 3 is 2.76 bits per heavy atom. The second-order valence-electron chi connectivity index (χ2n) is 8.34. The summed E-state index contributed by atoms with van der Waals surface area (Å²) in [4.78, 5) is 13.7. The highest BCUT2D eigenvalue weighted by molar-refractivity contribution is 5.79. The third-order valence-electron chi connectivity index (χ3n) is 5.61. The van der Waals surface area contributed by atoms with Crippen molar-refractivity contribution >= 4 is 11.8 Å². The minimum Gasteiger partial charge on any atom is -0.379 e. The molecule has 3 rings (SSSR count). The van der Waals surface area contributed by atoms with Crippen molar-refractivity contribution in [1.82, 2.24) is 20.5 Å². The summed E-state index contributed by atoms with van der Waals surface area (Å²) in [6.07, 6.45) is 2.12. The maximum atomic E-state index is 5.64. The lowest BCUT2D eigenvalue weighted by molar-refractivity contribution is -0.00834. The normalized spacial score (nSPS) is 21.9. The van der Waals surface area contributed by atoms with E-state index in [9.17, 15) is 0 Å². The molecular weight excluding hydrogens is 368 g/mol. The Morgan fingerprint density at radius 2 is 2.03 bits per heavy atom. The SMILES string of the molecule is CN=C(NCc1ccnc(N2CCOC(C)C2)c1)NCC(C)(C)N1CCOCC1. The van der Waals surface area contributed by atoms with Crippen LogP contribution < -0.4 is 15.5 Å². The number of rotatable bonds is 6. The number of morpholine rings is 2. The lowest BCUT2D eigenvalue weighted by Gasteiger charge is -2.41. The van der Waals surface area contributed by atoms with Gasteiger partial charge < -0.3 is 25.0 Å². The first-order valence-corrected chi connectivity index (χ1v) is 10.6. The summed E-state index contributed by atoms with van der Waals surface area (Å²) < 4.78 is 11.1. The zero-order chi connectivity index (χ0) is 20.7. The standard InChI is InChI=1S/C21H36N6O2/c1-17-15-26(7-12-29-17)19-13-18(5-6-23-19)14-24-20(22-4)25-16-21(2,3)27-8-10-28-11-9-27/h5-6,13,17H,7-12,14-16H2,1-4H3,(H2,22,24,25).